The lowest BCUT2D eigenvalue weighted by molar-refractivity contribution is 0.357. The average molecular weight is 322 g/mol. The number of nitrogens with zero attached hydrogens (tertiary/aromatic N) is 5. The summed E-state index contributed by atoms with van der Waals surface area (Å²) in [4.78, 5) is 8.65. The monoisotopic (exact) mass is 322 g/mol. The molecular weight excluding hydrogens is 300 g/mol. The van der Waals surface area contributed by atoms with Gasteiger partial charge in [0.25, 0.3) is 0 Å². The SMILES string of the molecule is CCc1nc2n(n1)C[C@H](NCc1ccc(-n3ccnc3)cc1)CC2. The van der Waals surface area contributed by atoms with E-state index in [1.54, 1.807) is 6.20 Å². The molecule has 0 spiro atoms. The Labute approximate surface area is 141 Å². The third-order valence-electron chi connectivity index (χ3n) is 4.55. The van der Waals surface area contributed by atoms with Gasteiger partial charge in [-0.3, -0.25) is 0 Å². The number of hydrogen-bond acceptors (Lipinski definition) is 4. The van der Waals surface area contributed by atoms with Gasteiger partial charge in [0, 0.05) is 43.5 Å². The minimum Gasteiger partial charge on any atom is -0.308 e. The molecular formula is C18H22N6. The molecule has 0 saturated carbocycles. The number of nitrogens with one attached hydrogen (secondary N) is 1. The maximum atomic E-state index is 4.57. The van der Waals surface area contributed by atoms with Crippen molar-refractivity contribution in [2.75, 3.05) is 0 Å². The van der Waals surface area contributed by atoms with E-state index in [1.807, 2.05) is 17.1 Å². The highest BCUT2D eigenvalue weighted by Crippen LogP contribution is 2.15. The van der Waals surface area contributed by atoms with Crippen molar-refractivity contribution < 1.29 is 0 Å². The van der Waals surface area contributed by atoms with Crippen LogP contribution in [0.15, 0.2) is 43.0 Å². The molecule has 0 unspecified atom stereocenters. The first-order valence-corrected chi connectivity index (χ1v) is 8.55. The molecule has 2 aromatic heterocycles. The Hall–Kier alpha value is -2.47. The van der Waals surface area contributed by atoms with Crippen molar-refractivity contribution in [3.63, 3.8) is 0 Å². The maximum absolute atomic E-state index is 4.57. The normalized spacial score (nSPS) is 17.0. The van der Waals surface area contributed by atoms with Crippen LogP contribution in [0.25, 0.3) is 5.69 Å². The predicted molar refractivity (Wildman–Crippen MR) is 91.9 cm³/mol. The number of aromatic nitrogens is 5. The fourth-order valence-corrected chi connectivity index (χ4v) is 3.14. The van der Waals surface area contributed by atoms with Crippen LogP contribution < -0.4 is 5.32 Å². The largest absolute Gasteiger partial charge is 0.308 e. The van der Waals surface area contributed by atoms with Crippen LogP contribution in [0.2, 0.25) is 0 Å². The van der Waals surface area contributed by atoms with E-state index >= 15 is 0 Å². The van der Waals surface area contributed by atoms with Crippen LogP contribution in [-0.2, 0) is 25.9 Å². The van der Waals surface area contributed by atoms with E-state index in [0.717, 1.165) is 49.7 Å². The Morgan fingerprint density at radius 3 is 2.88 bits per heavy atom. The summed E-state index contributed by atoms with van der Waals surface area (Å²) in [5.41, 5.74) is 2.42. The van der Waals surface area contributed by atoms with Crippen LogP contribution in [0.3, 0.4) is 0 Å². The molecule has 1 aliphatic heterocycles. The van der Waals surface area contributed by atoms with Crippen LogP contribution in [-0.4, -0.2) is 30.4 Å². The molecule has 1 aliphatic rings. The van der Waals surface area contributed by atoms with E-state index in [4.69, 9.17) is 0 Å². The second-order valence-electron chi connectivity index (χ2n) is 6.23. The van der Waals surface area contributed by atoms with Crippen LogP contribution in [0.4, 0.5) is 0 Å². The number of rotatable bonds is 5. The lowest BCUT2D eigenvalue weighted by atomic mass is 10.1. The van der Waals surface area contributed by atoms with Gasteiger partial charge < -0.3 is 9.88 Å². The molecule has 3 aromatic rings. The lowest BCUT2D eigenvalue weighted by Crippen LogP contribution is -2.37. The minimum atomic E-state index is 0.456. The van der Waals surface area contributed by atoms with Crippen molar-refractivity contribution in [2.24, 2.45) is 0 Å². The van der Waals surface area contributed by atoms with Gasteiger partial charge in [0.2, 0.25) is 0 Å². The van der Waals surface area contributed by atoms with E-state index in [0.29, 0.717) is 6.04 Å². The van der Waals surface area contributed by atoms with Gasteiger partial charge >= 0.3 is 0 Å². The van der Waals surface area contributed by atoms with E-state index in [1.165, 1.54) is 5.56 Å². The highest BCUT2D eigenvalue weighted by molar-refractivity contribution is 5.34. The molecule has 4 rings (SSSR count). The van der Waals surface area contributed by atoms with Gasteiger partial charge in [-0.15, -0.1) is 0 Å². The van der Waals surface area contributed by atoms with Gasteiger partial charge in [0.1, 0.15) is 5.82 Å². The van der Waals surface area contributed by atoms with Gasteiger partial charge in [-0.05, 0) is 24.1 Å². The van der Waals surface area contributed by atoms with E-state index < -0.39 is 0 Å². The zero-order valence-corrected chi connectivity index (χ0v) is 13.9. The Balaban J connectivity index is 1.35. The summed E-state index contributed by atoms with van der Waals surface area (Å²) in [6.07, 6.45) is 8.59. The number of aryl methyl sites for hydroxylation is 2. The third-order valence-corrected chi connectivity index (χ3v) is 4.55. The Bertz CT molecular complexity index is 788. The van der Waals surface area contributed by atoms with Crippen LogP contribution in [0.1, 0.15) is 30.6 Å². The summed E-state index contributed by atoms with van der Waals surface area (Å²) in [6.45, 7) is 3.89. The summed E-state index contributed by atoms with van der Waals surface area (Å²) in [5.74, 6) is 2.09. The zero-order chi connectivity index (χ0) is 16.4. The predicted octanol–water partition coefficient (Wildman–Crippen LogP) is 2.13. The number of imidazole rings is 1. The van der Waals surface area contributed by atoms with Crippen LogP contribution >= 0.6 is 0 Å². The molecule has 1 aromatic carbocycles. The van der Waals surface area contributed by atoms with Crippen LogP contribution in [0, 0.1) is 0 Å². The van der Waals surface area contributed by atoms with Crippen molar-refractivity contribution in [3.05, 3.63) is 60.2 Å². The fourth-order valence-electron chi connectivity index (χ4n) is 3.14. The molecule has 6 nitrogen and oxygen atoms in total. The molecule has 124 valence electrons. The van der Waals surface area contributed by atoms with Crippen molar-refractivity contribution >= 4 is 0 Å². The Morgan fingerprint density at radius 1 is 1.25 bits per heavy atom. The summed E-state index contributed by atoms with van der Waals surface area (Å²) >= 11 is 0. The van der Waals surface area contributed by atoms with E-state index in [-0.39, 0.29) is 0 Å². The number of fused-ring (bicyclic) bond motifs is 1. The van der Waals surface area contributed by atoms with Crippen molar-refractivity contribution in [3.8, 4) is 5.69 Å². The second-order valence-corrected chi connectivity index (χ2v) is 6.23. The van der Waals surface area contributed by atoms with Crippen molar-refractivity contribution in [2.45, 2.75) is 45.3 Å². The molecule has 0 fully saturated rings. The summed E-state index contributed by atoms with van der Waals surface area (Å²) in [6, 6.07) is 9.05. The van der Waals surface area contributed by atoms with Gasteiger partial charge in [-0.25, -0.2) is 14.6 Å². The number of benzene rings is 1. The zero-order valence-electron chi connectivity index (χ0n) is 13.9. The Kier molecular flexibility index (Phi) is 4.13. The van der Waals surface area contributed by atoms with Gasteiger partial charge in [0.05, 0.1) is 12.9 Å². The first kappa shape index (κ1) is 15.1. The van der Waals surface area contributed by atoms with Gasteiger partial charge in [-0.2, -0.15) is 5.10 Å². The second kappa shape index (κ2) is 6.57. The van der Waals surface area contributed by atoms with Crippen molar-refractivity contribution in [1.29, 1.82) is 0 Å². The Morgan fingerprint density at radius 2 is 2.12 bits per heavy atom. The smallest absolute Gasteiger partial charge is 0.150 e. The maximum Gasteiger partial charge on any atom is 0.150 e. The summed E-state index contributed by atoms with van der Waals surface area (Å²) in [5, 5.41) is 8.22. The molecule has 6 heteroatoms. The topological polar surface area (TPSA) is 60.6 Å². The lowest BCUT2D eigenvalue weighted by Gasteiger charge is -2.23. The molecule has 0 bridgehead atoms. The van der Waals surface area contributed by atoms with Crippen molar-refractivity contribution in [1.82, 2.24) is 29.6 Å². The standard InChI is InChI=1S/C18H22N6/c1-2-17-21-18-8-5-15(12-24(18)22-17)20-11-14-3-6-16(7-4-14)23-10-9-19-13-23/h3-4,6-7,9-10,13,15,20H,2,5,8,11-12H2,1H3/t15-/m1/s1. The van der Waals surface area contributed by atoms with Gasteiger partial charge in [0.15, 0.2) is 5.82 Å². The van der Waals surface area contributed by atoms with Gasteiger partial charge in [-0.1, -0.05) is 19.1 Å². The fraction of sp³-hybridized carbons (Fsp3) is 0.389. The molecule has 0 radical (unpaired) electrons. The summed E-state index contributed by atoms with van der Waals surface area (Å²) in [7, 11) is 0. The number of hydrogen-bond donors (Lipinski definition) is 1. The molecule has 24 heavy (non-hydrogen) atoms. The van der Waals surface area contributed by atoms with E-state index in [2.05, 4.69) is 56.3 Å². The molecule has 1 atom stereocenters. The average Bonchev–Trinajstić information content (AvgIpc) is 3.29. The molecule has 3 heterocycles. The third kappa shape index (κ3) is 3.10. The highest BCUT2D eigenvalue weighted by Gasteiger charge is 2.20. The first-order chi connectivity index (χ1) is 11.8. The minimum absolute atomic E-state index is 0.456. The molecule has 0 aliphatic carbocycles. The van der Waals surface area contributed by atoms with Crippen LogP contribution in [0.5, 0.6) is 0 Å². The van der Waals surface area contributed by atoms with E-state index in [9.17, 15) is 0 Å². The quantitative estimate of drug-likeness (QED) is 0.782. The molecule has 1 N–H and O–H groups in total. The first-order valence-electron chi connectivity index (χ1n) is 8.55. The summed E-state index contributed by atoms with van der Waals surface area (Å²) < 4.78 is 4.08. The highest BCUT2D eigenvalue weighted by atomic mass is 15.4. The molecule has 0 saturated heterocycles. The molecule has 0 amide bonds.